The van der Waals surface area contributed by atoms with E-state index < -0.39 is 0 Å². The third kappa shape index (κ3) is 5.53. The maximum absolute atomic E-state index is 13.2. The summed E-state index contributed by atoms with van der Waals surface area (Å²) in [6, 6.07) is 9.36. The van der Waals surface area contributed by atoms with Gasteiger partial charge in [-0.25, -0.2) is 14.8 Å². The van der Waals surface area contributed by atoms with Crippen molar-refractivity contribution in [1.29, 1.82) is 0 Å². The van der Waals surface area contributed by atoms with Crippen LogP contribution in [0.4, 0.5) is 10.6 Å². The van der Waals surface area contributed by atoms with Crippen LogP contribution in [-0.4, -0.2) is 113 Å². The normalized spacial score (nSPS) is 18.8. The Labute approximate surface area is 237 Å². The van der Waals surface area contributed by atoms with Crippen molar-refractivity contribution in [2.45, 2.75) is 18.8 Å². The molecule has 3 aliphatic heterocycles. The fourth-order valence-corrected chi connectivity index (χ4v) is 6.55. The number of pyridine rings is 1. The number of aromatic nitrogens is 2. The van der Waals surface area contributed by atoms with Crippen LogP contribution >= 0.6 is 11.3 Å². The molecule has 3 saturated heterocycles. The van der Waals surface area contributed by atoms with E-state index in [1.165, 1.54) is 17.6 Å². The van der Waals surface area contributed by atoms with Crippen molar-refractivity contribution in [1.82, 2.24) is 29.6 Å². The smallest absolute Gasteiger partial charge is 0.320 e. The minimum absolute atomic E-state index is 0.0925. The number of anilines is 1. The van der Waals surface area contributed by atoms with Crippen LogP contribution < -0.4 is 4.90 Å². The molecule has 11 nitrogen and oxygen atoms in total. The van der Waals surface area contributed by atoms with Crippen molar-refractivity contribution in [2.75, 3.05) is 70.3 Å². The summed E-state index contributed by atoms with van der Waals surface area (Å²) in [7, 11) is 0. The summed E-state index contributed by atoms with van der Waals surface area (Å²) in [5.74, 6) is 1.29. The molecule has 40 heavy (non-hydrogen) atoms. The van der Waals surface area contributed by atoms with Gasteiger partial charge in [0.05, 0.1) is 11.3 Å². The zero-order chi connectivity index (χ0) is 27.5. The molecule has 3 aliphatic rings. The van der Waals surface area contributed by atoms with E-state index in [4.69, 9.17) is 9.40 Å². The van der Waals surface area contributed by atoms with Crippen LogP contribution in [0.3, 0.4) is 0 Å². The molecule has 0 radical (unpaired) electrons. The molecule has 210 valence electrons. The highest BCUT2D eigenvalue weighted by Gasteiger charge is 2.32. The number of piperidine rings is 1. The number of furan rings is 1. The first-order chi connectivity index (χ1) is 19.6. The molecule has 4 amide bonds. The zero-order valence-corrected chi connectivity index (χ0v) is 23.2. The summed E-state index contributed by atoms with van der Waals surface area (Å²) in [6.45, 7) is 6.20. The number of carbonyl (C=O) groups excluding carboxylic acids is 3. The van der Waals surface area contributed by atoms with Crippen molar-refractivity contribution < 1.29 is 18.8 Å². The predicted molar refractivity (Wildman–Crippen MR) is 150 cm³/mol. The molecule has 3 aromatic rings. The molecular formula is C28H33N7O4S. The molecule has 0 spiro atoms. The van der Waals surface area contributed by atoms with Crippen molar-refractivity contribution in [3.05, 3.63) is 64.6 Å². The van der Waals surface area contributed by atoms with E-state index in [0.29, 0.717) is 63.8 Å². The van der Waals surface area contributed by atoms with Gasteiger partial charge in [0.25, 0.3) is 11.8 Å². The quantitative estimate of drug-likeness (QED) is 0.481. The van der Waals surface area contributed by atoms with Crippen LogP contribution in [0.15, 0.2) is 52.6 Å². The van der Waals surface area contributed by atoms with Gasteiger partial charge in [-0.05, 0) is 37.1 Å². The number of amides is 4. The highest BCUT2D eigenvalue weighted by atomic mass is 32.1. The molecular weight excluding hydrogens is 530 g/mol. The van der Waals surface area contributed by atoms with Gasteiger partial charge in [0.1, 0.15) is 11.5 Å². The first-order valence-electron chi connectivity index (χ1n) is 13.8. The highest BCUT2D eigenvalue weighted by molar-refractivity contribution is 7.09. The molecule has 6 rings (SSSR count). The van der Waals surface area contributed by atoms with Crippen molar-refractivity contribution in [3.8, 4) is 0 Å². The van der Waals surface area contributed by atoms with Gasteiger partial charge in [-0.3, -0.25) is 9.59 Å². The fraction of sp³-hybridized carbons (Fsp3) is 0.464. The lowest BCUT2D eigenvalue weighted by atomic mass is 9.98. The average Bonchev–Trinajstić information content (AvgIpc) is 3.74. The standard InChI is InChI=1S/C28H33N7O4S/c36-26(32-13-15-33(16-14-32)27(37)23-4-3-19-39-23)22-20-40-25(30-22)21-6-9-34(10-7-21)28(38)35-17-11-31(12-18-35)24-5-1-2-8-29-24/h1-5,8,19-21H,6-7,9-18H2. The van der Waals surface area contributed by atoms with Gasteiger partial charge in [-0.15, -0.1) is 11.3 Å². The second kappa shape index (κ2) is 11.7. The van der Waals surface area contributed by atoms with Gasteiger partial charge >= 0.3 is 6.03 Å². The van der Waals surface area contributed by atoms with Crippen LogP contribution in [0.5, 0.6) is 0 Å². The molecule has 0 saturated carbocycles. The SMILES string of the molecule is O=C(c1csc(C2CCN(C(=O)N3CCN(c4ccccn4)CC3)CC2)n1)N1CCN(C(=O)c2ccco2)CC1. The van der Waals surface area contributed by atoms with Crippen LogP contribution in [0.1, 0.15) is 44.8 Å². The number of hydrogen-bond acceptors (Lipinski definition) is 8. The van der Waals surface area contributed by atoms with Crippen molar-refractivity contribution in [2.24, 2.45) is 0 Å². The molecule has 6 heterocycles. The second-order valence-corrected chi connectivity index (χ2v) is 11.2. The molecule has 0 N–H and O–H groups in total. The zero-order valence-electron chi connectivity index (χ0n) is 22.4. The van der Waals surface area contributed by atoms with Crippen LogP contribution in [0.25, 0.3) is 0 Å². The molecule has 0 bridgehead atoms. The third-order valence-corrected chi connectivity index (χ3v) is 8.97. The number of piperazine rings is 2. The molecule has 0 atom stereocenters. The summed E-state index contributed by atoms with van der Waals surface area (Å²) in [4.78, 5) is 57.5. The number of nitrogens with zero attached hydrogens (tertiary/aromatic N) is 7. The van der Waals surface area contributed by atoms with Gasteiger partial charge < -0.3 is 28.9 Å². The van der Waals surface area contributed by atoms with Gasteiger partial charge in [0.15, 0.2) is 5.76 Å². The lowest BCUT2D eigenvalue weighted by Crippen LogP contribution is -2.54. The van der Waals surface area contributed by atoms with Crippen molar-refractivity contribution >= 4 is 35.0 Å². The van der Waals surface area contributed by atoms with E-state index in [-0.39, 0.29) is 23.8 Å². The molecule has 12 heteroatoms. The molecule has 0 aromatic carbocycles. The number of hydrogen-bond donors (Lipinski definition) is 0. The van der Waals surface area contributed by atoms with Crippen LogP contribution in [-0.2, 0) is 0 Å². The topological polar surface area (TPSA) is 106 Å². The minimum atomic E-state index is -0.149. The van der Waals surface area contributed by atoms with Gasteiger partial charge in [-0.2, -0.15) is 0 Å². The summed E-state index contributed by atoms with van der Waals surface area (Å²) in [6.07, 6.45) is 4.97. The number of carbonyl (C=O) groups is 3. The molecule has 3 aromatic heterocycles. The highest BCUT2D eigenvalue weighted by Crippen LogP contribution is 2.31. The molecule has 0 aliphatic carbocycles. The maximum atomic E-state index is 13.2. The maximum Gasteiger partial charge on any atom is 0.320 e. The number of rotatable bonds is 4. The summed E-state index contributed by atoms with van der Waals surface area (Å²) >= 11 is 1.53. The molecule has 0 unspecified atom stereocenters. The minimum Gasteiger partial charge on any atom is -0.459 e. The Morgan fingerprint density at radius 3 is 2.10 bits per heavy atom. The Balaban J connectivity index is 0.963. The first-order valence-corrected chi connectivity index (χ1v) is 14.7. The number of urea groups is 1. The van der Waals surface area contributed by atoms with Crippen LogP contribution in [0.2, 0.25) is 0 Å². The fourth-order valence-electron chi connectivity index (χ4n) is 5.59. The Hall–Kier alpha value is -3.93. The molecule has 3 fully saturated rings. The number of thiazole rings is 1. The predicted octanol–water partition coefficient (Wildman–Crippen LogP) is 2.85. The Bertz CT molecular complexity index is 1310. The van der Waals surface area contributed by atoms with Gasteiger partial charge in [0, 0.05) is 82.9 Å². The van der Waals surface area contributed by atoms with Gasteiger partial charge in [-0.1, -0.05) is 6.07 Å². The third-order valence-electron chi connectivity index (χ3n) is 7.97. The lowest BCUT2D eigenvalue weighted by molar-refractivity contribution is 0.0515. The second-order valence-electron chi connectivity index (χ2n) is 10.3. The van der Waals surface area contributed by atoms with Crippen molar-refractivity contribution in [3.63, 3.8) is 0 Å². The summed E-state index contributed by atoms with van der Waals surface area (Å²) in [5.41, 5.74) is 0.468. The average molecular weight is 564 g/mol. The Kier molecular flexibility index (Phi) is 7.67. The van der Waals surface area contributed by atoms with E-state index in [2.05, 4.69) is 9.88 Å². The lowest BCUT2D eigenvalue weighted by Gasteiger charge is -2.39. The van der Waals surface area contributed by atoms with E-state index in [1.807, 2.05) is 33.4 Å². The Morgan fingerprint density at radius 1 is 0.775 bits per heavy atom. The van der Waals surface area contributed by atoms with E-state index in [9.17, 15) is 14.4 Å². The summed E-state index contributed by atoms with van der Waals surface area (Å²) < 4.78 is 5.21. The summed E-state index contributed by atoms with van der Waals surface area (Å²) in [5, 5.41) is 2.81. The largest absolute Gasteiger partial charge is 0.459 e. The number of likely N-dealkylation sites (tertiary alicyclic amines) is 1. The first kappa shape index (κ1) is 26.3. The monoisotopic (exact) mass is 563 g/mol. The van der Waals surface area contributed by atoms with E-state index in [1.54, 1.807) is 28.1 Å². The Morgan fingerprint density at radius 2 is 1.45 bits per heavy atom. The van der Waals surface area contributed by atoms with E-state index >= 15 is 0 Å². The van der Waals surface area contributed by atoms with E-state index in [0.717, 1.165) is 36.8 Å². The van der Waals surface area contributed by atoms with Crippen LogP contribution in [0, 0.1) is 0 Å². The van der Waals surface area contributed by atoms with Gasteiger partial charge in [0.2, 0.25) is 0 Å².